The van der Waals surface area contributed by atoms with E-state index in [4.69, 9.17) is 22.1 Å². The second kappa shape index (κ2) is 9.21. The molecule has 28 heavy (non-hydrogen) atoms. The van der Waals surface area contributed by atoms with Gasteiger partial charge in [0, 0.05) is 32.6 Å². The zero-order valence-corrected chi connectivity index (χ0v) is 16.3. The van der Waals surface area contributed by atoms with Crippen molar-refractivity contribution in [2.75, 3.05) is 11.9 Å². The molecule has 2 amide bonds. The number of hydrogen-bond donors (Lipinski definition) is 2. The van der Waals surface area contributed by atoms with Crippen LogP contribution in [0.2, 0.25) is 5.02 Å². The molecule has 0 aliphatic carbocycles. The number of thiophene rings is 1. The molecule has 0 saturated carbocycles. The fraction of sp³-hybridized carbons (Fsp3) is 0.0476. The van der Waals surface area contributed by atoms with E-state index in [0.29, 0.717) is 16.5 Å². The number of benzene rings is 2. The molecule has 0 bridgehead atoms. The Bertz CT molecular complexity index is 1010. The number of carbonyl (C=O) groups is 2. The molecule has 3 N–H and O–H groups in total. The number of primary amides is 1. The number of halogens is 1. The van der Waals surface area contributed by atoms with Crippen LogP contribution in [0.1, 0.15) is 4.88 Å². The molecule has 5 nitrogen and oxygen atoms in total. The lowest BCUT2D eigenvalue weighted by molar-refractivity contribution is -0.120. The molecule has 3 rings (SSSR count). The minimum atomic E-state index is -0.564. The molecule has 0 aliphatic heterocycles. The van der Waals surface area contributed by atoms with Crippen molar-refractivity contribution < 1.29 is 14.3 Å². The monoisotopic (exact) mass is 412 g/mol. The smallest absolute Gasteiger partial charge is 0.255 e. The zero-order valence-electron chi connectivity index (χ0n) is 14.7. The fourth-order valence-corrected chi connectivity index (χ4v) is 3.41. The summed E-state index contributed by atoms with van der Waals surface area (Å²) in [6, 6.07) is 18.3. The molecule has 142 valence electrons. The van der Waals surface area contributed by atoms with E-state index in [1.165, 1.54) is 6.08 Å². The zero-order chi connectivity index (χ0) is 19.9. The summed E-state index contributed by atoms with van der Waals surface area (Å²) >= 11 is 7.49. The van der Waals surface area contributed by atoms with Gasteiger partial charge < -0.3 is 15.8 Å². The molecule has 0 atom stereocenters. The van der Waals surface area contributed by atoms with Crippen LogP contribution in [0.4, 0.5) is 5.69 Å². The van der Waals surface area contributed by atoms with E-state index >= 15 is 0 Å². The molecule has 0 spiro atoms. The summed E-state index contributed by atoms with van der Waals surface area (Å²) in [5, 5.41) is 3.45. The first-order chi connectivity index (χ1) is 13.5. The number of rotatable bonds is 7. The van der Waals surface area contributed by atoms with Crippen LogP contribution in [-0.2, 0) is 9.59 Å². The molecule has 1 heterocycles. The third-order valence-corrected chi connectivity index (χ3v) is 4.99. The Balaban J connectivity index is 1.60. The fourth-order valence-electron chi connectivity index (χ4n) is 2.37. The van der Waals surface area contributed by atoms with E-state index in [2.05, 4.69) is 5.32 Å². The first-order valence-electron chi connectivity index (χ1n) is 8.35. The Morgan fingerprint density at radius 3 is 2.64 bits per heavy atom. The van der Waals surface area contributed by atoms with Gasteiger partial charge in [-0.3, -0.25) is 9.59 Å². The van der Waals surface area contributed by atoms with Crippen LogP contribution in [0.15, 0.2) is 66.7 Å². The van der Waals surface area contributed by atoms with Crippen LogP contribution < -0.4 is 15.8 Å². The first-order valence-corrected chi connectivity index (χ1v) is 9.55. The maximum atomic E-state index is 12.2. The van der Waals surface area contributed by atoms with Gasteiger partial charge in [-0.2, -0.15) is 0 Å². The number of carbonyl (C=O) groups excluding carboxylic acids is 2. The maximum Gasteiger partial charge on any atom is 0.255 e. The topological polar surface area (TPSA) is 81.4 Å². The highest BCUT2D eigenvalue weighted by molar-refractivity contribution is 7.16. The molecule has 7 heteroatoms. The highest BCUT2D eigenvalue weighted by Gasteiger charge is 2.04. The van der Waals surface area contributed by atoms with E-state index in [1.807, 2.05) is 36.4 Å². The maximum absolute atomic E-state index is 12.2. The lowest BCUT2D eigenvalue weighted by Crippen LogP contribution is -2.20. The van der Waals surface area contributed by atoms with Crippen molar-refractivity contribution in [1.29, 1.82) is 0 Å². The van der Waals surface area contributed by atoms with Crippen molar-refractivity contribution in [3.63, 3.8) is 0 Å². The van der Waals surface area contributed by atoms with Crippen molar-refractivity contribution >= 4 is 46.5 Å². The summed E-state index contributed by atoms with van der Waals surface area (Å²) in [7, 11) is 0. The van der Waals surface area contributed by atoms with Crippen molar-refractivity contribution in [1.82, 2.24) is 0 Å². The third-order valence-electron chi connectivity index (χ3n) is 3.64. The van der Waals surface area contributed by atoms with E-state index in [0.717, 1.165) is 15.3 Å². The molecular formula is C21H17ClN2O3S. The number of anilines is 1. The van der Waals surface area contributed by atoms with Gasteiger partial charge >= 0.3 is 0 Å². The molecule has 0 aliphatic rings. The summed E-state index contributed by atoms with van der Waals surface area (Å²) in [6.45, 7) is -0.217. The molecule has 0 saturated heterocycles. The number of hydrogen-bond acceptors (Lipinski definition) is 4. The lowest BCUT2D eigenvalue weighted by atomic mass is 10.2. The number of nitrogens with one attached hydrogen (secondary N) is 1. The van der Waals surface area contributed by atoms with Gasteiger partial charge in [0.15, 0.2) is 6.61 Å². The number of ether oxygens (including phenoxy) is 1. The molecule has 2 aromatic carbocycles. The summed E-state index contributed by atoms with van der Waals surface area (Å²) < 4.78 is 5.22. The Labute approximate surface area is 171 Å². The highest BCUT2D eigenvalue weighted by atomic mass is 35.5. The number of nitrogens with two attached hydrogens (primary N) is 1. The van der Waals surface area contributed by atoms with Crippen LogP contribution in [0.5, 0.6) is 5.75 Å². The van der Waals surface area contributed by atoms with E-state index < -0.39 is 5.91 Å². The van der Waals surface area contributed by atoms with Crippen molar-refractivity contribution in [3.05, 3.63) is 76.6 Å². The third kappa shape index (κ3) is 5.70. The first kappa shape index (κ1) is 19.7. The van der Waals surface area contributed by atoms with Gasteiger partial charge in [0.1, 0.15) is 5.75 Å². The van der Waals surface area contributed by atoms with Crippen molar-refractivity contribution in [2.45, 2.75) is 0 Å². The largest absolute Gasteiger partial charge is 0.484 e. The standard InChI is InChI=1S/C21H17ClN2O3S/c22-15-6-4-14(5-7-15)19-10-8-18(28-19)9-11-21(26)24-16-2-1-3-17(12-16)27-13-20(23)25/h1-12H,13H2,(H2,23,25)(H,24,26)/b11-9+. The molecule has 0 fully saturated rings. The van der Waals surface area contributed by atoms with Crippen LogP contribution in [0, 0.1) is 0 Å². The Morgan fingerprint density at radius 2 is 1.89 bits per heavy atom. The van der Waals surface area contributed by atoms with Crippen molar-refractivity contribution in [3.8, 4) is 16.2 Å². The van der Waals surface area contributed by atoms with Crippen LogP contribution in [0.25, 0.3) is 16.5 Å². The predicted octanol–water partition coefficient (Wildman–Crippen LogP) is 4.58. The summed E-state index contributed by atoms with van der Waals surface area (Å²) in [5.41, 5.74) is 6.69. The second-order valence-electron chi connectivity index (χ2n) is 5.81. The lowest BCUT2D eigenvalue weighted by Gasteiger charge is -2.06. The van der Waals surface area contributed by atoms with Gasteiger partial charge in [-0.1, -0.05) is 29.8 Å². The Hall–Kier alpha value is -3.09. The number of amides is 2. The second-order valence-corrected chi connectivity index (χ2v) is 7.37. The highest BCUT2D eigenvalue weighted by Crippen LogP contribution is 2.29. The van der Waals surface area contributed by atoms with Gasteiger partial charge in [-0.05, 0) is 48.0 Å². The van der Waals surface area contributed by atoms with Gasteiger partial charge in [-0.25, -0.2) is 0 Å². The minimum absolute atomic E-state index is 0.217. The van der Waals surface area contributed by atoms with Gasteiger partial charge in [0.05, 0.1) is 0 Å². The summed E-state index contributed by atoms with van der Waals surface area (Å²) in [4.78, 5) is 25.0. The quantitative estimate of drug-likeness (QED) is 0.557. The van der Waals surface area contributed by atoms with Crippen LogP contribution >= 0.6 is 22.9 Å². The predicted molar refractivity (Wildman–Crippen MR) is 114 cm³/mol. The van der Waals surface area contributed by atoms with E-state index in [1.54, 1.807) is 41.7 Å². The summed E-state index contributed by atoms with van der Waals surface area (Å²) in [6.07, 6.45) is 3.22. The normalized spacial score (nSPS) is 10.8. The molecule has 0 unspecified atom stereocenters. The molecule has 3 aromatic rings. The SMILES string of the molecule is NC(=O)COc1cccc(NC(=O)/C=C/c2ccc(-c3ccc(Cl)cc3)s2)c1. The van der Waals surface area contributed by atoms with Gasteiger partial charge in [-0.15, -0.1) is 11.3 Å². The average molecular weight is 413 g/mol. The van der Waals surface area contributed by atoms with E-state index in [9.17, 15) is 9.59 Å². The summed E-state index contributed by atoms with van der Waals surface area (Å²) in [5.74, 6) is -0.383. The molecular weight excluding hydrogens is 396 g/mol. The van der Waals surface area contributed by atoms with Gasteiger partial charge in [0.25, 0.3) is 5.91 Å². The van der Waals surface area contributed by atoms with Gasteiger partial charge in [0.2, 0.25) is 5.91 Å². The molecule has 1 aromatic heterocycles. The Kier molecular flexibility index (Phi) is 6.47. The average Bonchev–Trinajstić information content (AvgIpc) is 3.15. The van der Waals surface area contributed by atoms with E-state index in [-0.39, 0.29) is 12.5 Å². The van der Waals surface area contributed by atoms with Crippen molar-refractivity contribution in [2.24, 2.45) is 5.73 Å². The minimum Gasteiger partial charge on any atom is -0.484 e. The van der Waals surface area contributed by atoms with Crippen LogP contribution in [-0.4, -0.2) is 18.4 Å². The Morgan fingerprint density at radius 1 is 1.11 bits per heavy atom. The molecule has 0 radical (unpaired) electrons. The van der Waals surface area contributed by atoms with Crippen LogP contribution in [0.3, 0.4) is 0 Å².